The number of rotatable bonds is 7. The molecule has 2 aromatic heterocycles. The van der Waals surface area contributed by atoms with E-state index in [0.29, 0.717) is 12.6 Å². The van der Waals surface area contributed by atoms with Crippen LogP contribution >= 0.6 is 0 Å². The number of pyridine rings is 1. The number of aromatic nitrogens is 3. The van der Waals surface area contributed by atoms with Crippen LogP contribution in [0.5, 0.6) is 0 Å². The molecule has 9 nitrogen and oxygen atoms in total. The fraction of sp³-hybridized carbons (Fsp3) is 0.600. The maximum atomic E-state index is 10.6. The Morgan fingerprint density at radius 3 is 2.12 bits per heavy atom. The minimum absolute atomic E-state index is 0.373. The van der Waals surface area contributed by atoms with Crippen LogP contribution in [-0.2, 0) is 40.4 Å². The summed E-state index contributed by atoms with van der Waals surface area (Å²) in [5.74, 6) is -4.71. The fourth-order valence-electron chi connectivity index (χ4n) is 3.77. The monoisotopic (exact) mass is 582 g/mol. The van der Waals surface area contributed by atoms with Crippen LogP contribution in [-0.4, -0.2) is 67.3 Å². The van der Waals surface area contributed by atoms with Crippen molar-refractivity contribution in [2.75, 3.05) is 13.2 Å². The maximum Gasteiger partial charge on any atom is 0.490 e. The van der Waals surface area contributed by atoms with Crippen LogP contribution in [0.25, 0.3) is 0 Å². The molecule has 0 amide bonds. The quantitative estimate of drug-likeness (QED) is 0.442. The largest absolute Gasteiger partial charge is 0.490 e. The molecule has 40 heavy (non-hydrogen) atoms. The van der Waals surface area contributed by atoms with Crippen molar-refractivity contribution in [3.05, 3.63) is 46.5 Å². The van der Waals surface area contributed by atoms with Crippen LogP contribution in [0.15, 0.2) is 18.2 Å². The second kappa shape index (κ2) is 13.9. The SMILES string of the molecule is Cc1cccc(CN2CCc3c(COCC4CC4)nn(C(C)C)c3C2)n1.O=C(O)C(F)(F)F.O=C(O)C(F)(F)F. The summed E-state index contributed by atoms with van der Waals surface area (Å²) < 4.78 is 71.6. The second-order valence-corrected chi connectivity index (χ2v) is 9.71. The summed E-state index contributed by atoms with van der Waals surface area (Å²) in [6, 6.07) is 6.65. The molecular weight excluding hydrogens is 550 g/mol. The topological polar surface area (TPSA) is 118 Å². The molecule has 0 unspecified atom stereocenters. The van der Waals surface area contributed by atoms with Gasteiger partial charge < -0.3 is 14.9 Å². The standard InChI is InChI=1S/C21H30N4O.2C2HF3O2/c1-15(2)25-21-12-24(11-18-6-4-5-16(3)22-18)10-9-19(21)20(23-25)14-26-13-17-7-8-17;2*3-2(4,5)1(6)7/h4-6,15,17H,7-14H2,1-3H3;2*(H,6,7). The summed E-state index contributed by atoms with van der Waals surface area (Å²) in [7, 11) is 0. The molecule has 3 heterocycles. The van der Waals surface area contributed by atoms with E-state index in [1.165, 1.54) is 24.1 Å². The summed E-state index contributed by atoms with van der Waals surface area (Å²) in [5, 5.41) is 19.2. The van der Waals surface area contributed by atoms with Crippen molar-refractivity contribution in [2.24, 2.45) is 5.92 Å². The highest BCUT2D eigenvalue weighted by atomic mass is 19.4. The minimum atomic E-state index is -5.08. The number of fused-ring (bicyclic) bond motifs is 1. The number of carboxylic acid groups (broad SMARTS) is 2. The molecule has 1 fully saturated rings. The molecule has 0 atom stereocenters. The predicted octanol–water partition coefficient (Wildman–Crippen LogP) is 4.92. The van der Waals surface area contributed by atoms with E-state index in [4.69, 9.17) is 29.6 Å². The Labute approximate surface area is 226 Å². The van der Waals surface area contributed by atoms with Crippen LogP contribution in [0.3, 0.4) is 0 Å². The molecule has 0 bridgehead atoms. The van der Waals surface area contributed by atoms with Crippen LogP contribution in [0.1, 0.15) is 61.1 Å². The van der Waals surface area contributed by atoms with E-state index in [1.807, 2.05) is 0 Å². The number of aryl methyl sites for hydroxylation is 1. The zero-order valence-electron chi connectivity index (χ0n) is 22.2. The number of ether oxygens (including phenoxy) is 1. The van der Waals surface area contributed by atoms with Gasteiger partial charge in [-0.05, 0) is 58.1 Å². The average molecular weight is 583 g/mol. The molecular formula is C25H32F6N4O5. The van der Waals surface area contributed by atoms with Gasteiger partial charge in [0.2, 0.25) is 0 Å². The van der Waals surface area contributed by atoms with Crippen molar-refractivity contribution >= 4 is 11.9 Å². The van der Waals surface area contributed by atoms with Crippen molar-refractivity contribution in [3.8, 4) is 0 Å². The lowest BCUT2D eigenvalue weighted by Gasteiger charge is -2.28. The summed E-state index contributed by atoms with van der Waals surface area (Å²) in [4.78, 5) is 24.9. The van der Waals surface area contributed by atoms with Crippen molar-refractivity contribution < 1.29 is 50.9 Å². The molecule has 2 N–H and O–H groups in total. The Morgan fingerprint density at radius 2 is 1.65 bits per heavy atom. The van der Waals surface area contributed by atoms with E-state index in [2.05, 4.69) is 53.5 Å². The Bertz CT molecular complexity index is 1120. The number of carboxylic acids is 2. The molecule has 1 saturated carbocycles. The van der Waals surface area contributed by atoms with Gasteiger partial charge in [0.15, 0.2) is 0 Å². The molecule has 0 radical (unpaired) electrons. The Morgan fingerprint density at radius 1 is 1.07 bits per heavy atom. The maximum absolute atomic E-state index is 10.6. The van der Waals surface area contributed by atoms with Crippen LogP contribution in [0, 0.1) is 12.8 Å². The van der Waals surface area contributed by atoms with Crippen molar-refractivity contribution in [2.45, 2.75) is 78.1 Å². The molecule has 224 valence electrons. The van der Waals surface area contributed by atoms with Gasteiger partial charge in [-0.1, -0.05) is 6.07 Å². The van der Waals surface area contributed by atoms with Crippen molar-refractivity contribution in [3.63, 3.8) is 0 Å². The van der Waals surface area contributed by atoms with Gasteiger partial charge in [0.05, 0.1) is 23.7 Å². The minimum Gasteiger partial charge on any atom is -0.475 e. The van der Waals surface area contributed by atoms with Gasteiger partial charge >= 0.3 is 24.3 Å². The van der Waals surface area contributed by atoms with E-state index >= 15 is 0 Å². The Balaban J connectivity index is 0.000000333. The summed E-state index contributed by atoms with van der Waals surface area (Å²) in [5.41, 5.74) is 6.18. The van der Waals surface area contributed by atoms with Gasteiger partial charge in [0.1, 0.15) is 0 Å². The predicted molar refractivity (Wildman–Crippen MR) is 129 cm³/mol. The first-order valence-electron chi connectivity index (χ1n) is 12.4. The lowest BCUT2D eigenvalue weighted by molar-refractivity contribution is -0.193. The van der Waals surface area contributed by atoms with E-state index < -0.39 is 24.3 Å². The third-order valence-electron chi connectivity index (χ3n) is 5.85. The number of hydrogen-bond acceptors (Lipinski definition) is 6. The van der Waals surface area contributed by atoms with Gasteiger partial charge in [-0.2, -0.15) is 31.4 Å². The summed E-state index contributed by atoms with van der Waals surface area (Å²) in [6.45, 7) is 10.9. The Kier molecular flexibility index (Phi) is 11.5. The van der Waals surface area contributed by atoms with Gasteiger partial charge in [-0.15, -0.1) is 0 Å². The molecule has 0 aromatic carbocycles. The van der Waals surface area contributed by atoms with Gasteiger partial charge in [0.25, 0.3) is 0 Å². The Hall–Kier alpha value is -3.20. The fourth-order valence-corrected chi connectivity index (χ4v) is 3.77. The highest BCUT2D eigenvalue weighted by molar-refractivity contribution is 5.73. The van der Waals surface area contributed by atoms with Gasteiger partial charge in [-0.25, -0.2) is 9.59 Å². The smallest absolute Gasteiger partial charge is 0.475 e. The van der Waals surface area contributed by atoms with E-state index in [9.17, 15) is 26.3 Å². The van der Waals surface area contributed by atoms with E-state index in [-0.39, 0.29) is 0 Å². The summed E-state index contributed by atoms with van der Waals surface area (Å²) in [6.07, 6.45) is -6.45. The first kappa shape index (κ1) is 33.0. The molecule has 4 rings (SSSR count). The van der Waals surface area contributed by atoms with Crippen LogP contribution < -0.4 is 0 Å². The first-order valence-corrected chi connectivity index (χ1v) is 12.4. The number of hydrogen-bond donors (Lipinski definition) is 2. The molecule has 0 saturated heterocycles. The van der Waals surface area contributed by atoms with Gasteiger partial charge in [0, 0.05) is 43.5 Å². The number of aliphatic carboxylic acids is 2. The normalized spacial score (nSPS) is 15.4. The highest BCUT2D eigenvalue weighted by Gasteiger charge is 2.39. The molecule has 1 aliphatic heterocycles. The lowest BCUT2D eigenvalue weighted by atomic mass is 10.0. The van der Waals surface area contributed by atoms with Crippen molar-refractivity contribution in [1.29, 1.82) is 0 Å². The third kappa shape index (κ3) is 10.8. The van der Waals surface area contributed by atoms with Crippen LogP contribution in [0.4, 0.5) is 26.3 Å². The second-order valence-electron chi connectivity index (χ2n) is 9.71. The molecule has 1 aliphatic carbocycles. The van der Waals surface area contributed by atoms with Crippen molar-refractivity contribution in [1.82, 2.24) is 19.7 Å². The lowest BCUT2D eigenvalue weighted by Crippen LogP contribution is -2.32. The first-order chi connectivity index (χ1) is 18.5. The van der Waals surface area contributed by atoms with E-state index in [1.54, 1.807) is 0 Å². The average Bonchev–Trinajstić information content (AvgIpc) is 3.58. The number of halogens is 6. The van der Waals surface area contributed by atoms with Gasteiger partial charge in [-0.3, -0.25) is 14.6 Å². The molecule has 0 spiro atoms. The number of alkyl halides is 6. The summed E-state index contributed by atoms with van der Waals surface area (Å²) >= 11 is 0. The third-order valence-corrected chi connectivity index (χ3v) is 5.85. The number of carbonyl (C=O) groups is 2. The highest BCUT2D eigenvalue weighted by Crippen LogP contribution is 2.30. The van der Waals surface area contributed by atoms with E-state index in [0.717, 1.165) is 55.7 Å². The number of nitrogens with zero attached hydrogens (tertiary/aromatic N) is 4. The zero-order chi connectivity index (χ0) is 30.3. The molecule has 2 aromatic rings. The zero-order valence-corrected chi connectivity index (χ0v) is 22.2. The molecule has 2 aliphatic rings. The molecule has 15 heteroatoms. The van der Waals surface area contributed by atoms with Crippen LogP contribution in [0.2, 0.25) is 0 Å².